The van der Waals surface area contributed by atoms with Crippen molar-refractivity contribution in [2.24, 2.45) is 5.41 Å². The van der Waals surface area contributed by atoms with Crippen molar-refractivity contribution in [3.63, 3.8) is 0 Å². The van der Waals surface area contributed by atoms with Crippen LogP contribution in [0.15, 0.2) is 78.4 Å². The number of thiophene rings is 1. The summed E-state index contributed by atoms with van der Waals surface area (Å²) >= 11 is 2.52. The normalized spacial score (nSPS) is 21.4. The van der Waals surface area contributed by atoms with Crippen LogP contribution >= 0.6 is 30.3 Å². The second-order valence-corrected chi connectivity index (χ2v) is 27.2. The van der Waals surface area contributed by atoms with Crippen LogP contribution in [0.25, 0.3) is 20.5 Å². The summed E-state index contributed by atoms with van der Waals surface area (Å²) in [4.78, 5) is 130. The second-order valence-electron chi connectivity index (χ2n) is 23.6. The number of alkyl halides is 2. The van der Waals surface area contributed by atoms with Crippen LogP contribution in [0.4, 0.5) is 8.78 Å². The molecule has 7 heterocycles. The number of likely N-dealkylation sites (tertiary alicyclic amines) is 2. The van der Waals surface area contributed by atoms with Gasteiger partial charge in [-0.05, 0) is 91.8 Å². The molecule has 3 aromatic heterocycles. The fourth-order valence-electron chi connectivity index (χ4n) is 11.7. The van der Waals surface area contributed by atoms with Crippen LogP contribution in [0.3, 0.4) is 0 Å². The number of rotatable bonds is 21. The maximum absolute atomic E-state index is 14.5. The Balaban J connectivity index is 0.728. The highest BCUT2D eigenvalue weighted by Crippen LogP contribution is 2.59. The van der Waals surface area contributed by atoms with E-state index >= 15 is 0 Å². The van der Waals surface area contributed by atoms with Crippen molar-refractivity contribution < 1.29 is 71.3 Å². The van der Waals surface area contributed by atoms with Crippen LogP contribution in [0.2, 0.25) is 0 Å². The molecule has 4 aliphatic heterocycles. The molecule has 27 heteroatoms. The number of aliphatic hydroxyl groups excluding tert-OH is 1. The Kier molecular flexibility index (Phi) is 19.6. The number of nitrogens with zero attached hydrogens (tertiary/aromatic N) is 5. The Labute approximate surface area is 503 Å². The van der Waals surface area contributed by atoms with E-state index in [1.54, 1.807) is 71.8 Å². The summed E-state index contributed by atoms with van der Waals surface area (Å²) in [6, 6.07) is 12.9. The number of aryl methyl sites for hydroxylation is 1. The first kappa shape index (κ1) is 63.9. The maximum Gasteiger partial charge on any atom is 0.399 e. The minimum absolute atomic E-state index is 0.0158. The van der Waals surface area contributed by atoms with E-state index in [-0.39, 0.29) is 86.8 Å². The number of aromatic nitrogens is 2. The molecule has 0 aliphatic carbocycles. The van der Waals surface area contributed by atoms with E-state index in [0.29, 0.717) is 36.1 Å². The molecule has 4 aliphatic rings. The summed E-state index contributed by atoms with van der Waals surface area (Å²) in [5.74, 6) is -3.29. The first-order valence-electron chi connectivity index (χ1n) is 28.6. The zero-order valence-electron chi connectivity index (χ0n) is 48.3. The molecule has 462 valence electrons. The predicted octanol–water partition coefficient (Wildman–Crippen LogP) is 5.63. The number of carbonyl (C=O) groups is 7. The van der Waals surface area contributed by atoms with Gasteiger partial charge < -0.3 is 60.3 Å². The van der Waals surface area contributed by atoms with Gasteiger partial charge in [0.05, 0.1) is 71.7 Å². The minimum atomic E-state index is -5.83. The highest BCUT2D eigenvalue weighted by atomic mass is 32.1. The number of halogens is 2. The van der Waals surface area contributed by atoms with E-state index in [1.807, 2.05) is 38.1 Å². The third kappa shape index (κ3) is 14.2. The summed E-state index contributed by atoms with van der Waals surface area (Å²) in [7, 11) is -5.83. The number of nitrogens with one attached hydrogen (secondary N) is 4. The standard InChI is InChI=1S/C59H72F2N9O13PS2/c1-34(36-13-15-37(16-14-36)50-35(2)63-33-85-50)64-52(74)44-28-41(71)29-69(44)56(78)51(57(3,4)5)66-49(73)30-83-25-24-82-23-21-48(72)67-58(47-12-8-9-22-62-47)31-68(32-58)55(77)43-19-18-40-10-6-7-11-42(54(76)70(40)43)65-53(75)46-27-38-26-39(17-20-45(38)86-46)59(60,61)84(79,80)81/h8-9,12-17,20,22,26-27,33-34,40-44,51,71H,6-7,10-11,18-19,21,23-25,28-32H2,1-5H3,(H,64,74)(H,65,75)(H,66,73)(H,67,72)(H2,79,80,81)/t34-,40+,41+,42-,43-,44-,51+/m0/s1. The molecular weight excluding hydrogens is 1180 g/mol. The van der Waals surface area contributed by atoms with Gasteiger partial charge in [0, 0.05) is 41.9 Å². The molecule has 0 saturated carbocycles. The summed E-state index contributed by atoms with van der Waals surface area (Å²) in [6.07, 6.45) is 3.85. The van der Waals surface area contributed by atoms with Gasteiger partial charge in [-0.3, -0.25) is 43.1 Å². The number of β-amino-alcohol motifs (C(OH)–C–C–N with tert-alkyl or cyclic N) is 1. The van der Waals surface area contributed by atoms with Crippen LogP contribution in [0.5, 0.6) is 0 Å². The molecular formula is C59H72F2N9O13PS2. The number of amides is 7. The number of hydrogen-bond acceptors (Lipinski definition) is 15. The number of thiazole rings is 1. The maximum atomic E-state index is 14.5. The van der Waals surface area contributed by atoms with Crippen LogP contribution in [-0.2, 0) is 54.0 Å². The van der Waals surface area contributed by atoms with E-state index in [2.05, 4.69) is 31.2 Å². The van der Waals surface area contributed by atoms with E-state index in [1.165, 1.54) is 17.0 Å². The first-order valence-corrected chi connectivity index (χ1v) is 31.9. The van der Waals surface area contributed by atoms with Crippen molar-refractivity contribution in [2.45, 2.75) is 140 Å². The monoisotopic (exact) mass is 1250 g/mol. The van der Waals surface area contributed by atoms with Gasteiger partial charge in [-0.25, -0.2) is 4.98 Å². The zero-order valence-corrected chi connectivity index (χ0v) is 50.9. The Morgan fingerprint density at radius 3 is 2.30 bits per heavy atom. The predicted molar refractivity (Wildman–Crippen MR) is 314 cm³/mol. The highest BCUT2D eigenvalue weighted by molar-refractivity contribution is 7.52. The number of hydrogen-bond donors (Lipinski definition) is 7. The molecule has 7 N–H and O–H groups in total. The Morgan fingerprint density at radius 1 is 0.884 bits per heavy atom. The van der Waals surface area contributed by atoms with Gasteiger partial charge in [-0.1, -0.05) is 70.0 Å². The molecule has 9 rings (SSSR count). The topological polar surface area (TPSA) is 299 Å². The number of pyridine rings is 1. The molecule has 5 aromatic rings. The SMILES string of the molecule is Cc1ncsc1-c1ccc([C@H](C)NC(=O)[C@@H]2C[C@@H](O)CN2C(=O)[C@@H](NC(=O)COCCOCCC(=O)NC2(c3ccccn3)CN(C(=O)[C@@H]3CC[C@H]4CCCC[C@H](NC(=O)c5cc6cc(C(F)(F)P(=O)(O)O)ccc6s5)C(=O)N43)C2)C(C)(C)C)cc1. The molecule has 0 spiro atoms. The van der Waals surface area contributed by atoms with Crippen LogP contribution in [0.1, 0.15) is 117 Å². The van der Waals surface area contributed by atoms with Crippen LogP contribution in [-0.4, -0.2) is 163 Å². The van der Waals surface area contributed by atoms with Gasteiger partial charge in [0.2, 0.25) is 35.4 Å². The molecule has 7 atom stereocenters. The van der Waals surface area contributed by atoms with Crippen molar-refractivity contribution >= 4 is 81.7 Å². The lowest BCUT2D eigenvalue weighted by molar-refractivity contribution is -0.154. The van der Waals surface area contributed by atoms with Crippen molar-refractivity contribution in [3.8, 4) is 10.4 Å². The summed E-state index contributed by atoms with van der Waals surface area (Å²) < 4.78 is 52.2. The number of aliphatic hydroxyl groups is 1. The molecule has 2 aromatic carbocycles. The number of benzene rings is 2. The molecule has 4 saturated heterocycles. The fourth-order valence-corrected chi connectivity index (χ4v) is 13.9. The average Bonchev–Trinajstić information content (AvgIpc) is 1.07. The van der Waals surface area contributed by atoms with Crippen molar-refractivity contribution in [1.82, 2.24) is 45.9 Å². The molecule has 0 radical (unpaired) electrons. The largest absolute Gasteiger partial charge is 0.399 e. The van der Waals surface area contributed by atoms with E-state index in [4.69, 9.17) is 9.47 Å². The highest BCUT2D eigenvalue weighted by Gasteiger charge is 2.54. The van der Waals surface area contributed by atoms with E-state index in [0.717, 1.165) is 51.6 Å². The summed E-state index contributed by atoms with van der Waals surface area (Å²) in [5, 5.41) is 22.5. The number of ether oxygens (including phenoxy) is 2. The smallest absolute Gasteiger partial charge is 0.391 e. The molecule has 0 unspecified atom stereocenters. The Morgan fingerprint density at radius 2 is 1.62 bits per heavy atom. The van der Waals surface area contributed by atoms with Crippen LogP contribution in [0, 0.1) is 12.3 Å². The third-order valence-electron chi connectivity index (χ3n) is 16.3. The van der Waals surface area contributed by atoms with Gasteiger partial charge in [-0.2, -0.15) is 8.78 Å². The van der Waals surface area contributed by atoms with Gasteiger partial charge >= 0.3 is 13.3 Å². The van der Waals surface area contributed by atoms with Gasteiger partial charge in [-0.15, -0.1) is 22.7 Å². The number of fused-ring (bicyclic) bond motifs is 2. The first-order chi connectivity index (χ1) is 40.7. The molecule has 0 bridgehead atoms. The molecule has 4 fully saturated rings. The van der Waals surface area contributed by atoms with Gasteiger partial charge in [0.15, 0.2) is 0 Å². The van der Waals surface area contributed by atoms with E-state index < -0.39 is 102 Å². The lowest BCUT2D eigenvalue weighted by Gasteiger charge is -2.51. The van der Waals surface area contributed by atoms with Crippen molar-refractivity contribution in [1.29, 1.82) is 0 Å². The van der Waals surface area contributed by atoms with Gasteiger partial charge in [0.25, 0.3) is 5.91 Å². The van der Waals surface area contributed by atoms with E-state index in [9.17, 15) is 61.8 Å². The average molecular weight is 1250 g/mol. The van der Waals surface area contributed by atoms with Crippen LogP contribution < -0.4 is 21.3 Å². The Bertz CT molecular complexity index is 3370. The lowest BCUT2D eigenvalue weighted by atomic mass is 9.84. The van der Waals surface area contributed by atoms with Crippen molar-refractivity contribution in [3.05, 3.63) is 106 Å². The summed E-state index contributed by atoms with van der Waals surface area (Å²) in [5.41, 5.74) is -2.08. The minimum Gasteiger partial charge on any atom is -0.391 e. The zero-order chi connectivity index (χ0) is 61.9. The fraction of sp³-hybridized carbons (Fsp3) is 0.508. The summed E-state index contributed by atoms with van der Waals surface area (Å²) in [6.45, 7) is 8.73. The third-order valence-corrected chi connectivity index (χ3v) is 19.4. The van der Waals surface area contributed by atoms with Gasteiger partial charge in [0.1, 0.15) is 36.3 Å². The molecule has 7 amide bonds. The molecule has 22 nitrogen and oxygen atoms in total. The number of carbonyl (C=O) groups excluding carboxylic acids is 7. The second kappa shape index (κ2) is 26.4. The van der Waals surface area contributed by atoms with Crippen molar-refractivity contribution in [2.75, 3.05) is 46.1 Å². The quantitative estimate of drug-likeness (QED) is 0.0346. The lowest BCUT2D eigenvalue weighted by Crippen LogP contribution is -2.71. The Hall–Kier alpha value is -6.64. The molecule has 86 heavy (non-hydrogen) atoms.